The van der Waals surface area contributed by atoms with Crippen molar-refractivity contribution in [3.05, 3.63) is 35.5 Å². The summed E-state index contributed by atoms with van der Waals surface area (Å²) in [7, 11) is 0. The van der Waals surface area contributed by atoms with Crippen LogP contribution in [0.5, 0.6) is 0 Å². The van der Waals surface area contributed by atoms with E-state index in [1.54, 1.807) is 0 Å². The molecule has 2 rings (SSSR count). The number of fused-ring (bicyclic) bond motifs is 1. The molecule has 0 atom stereocenters. The number of pyridine rings is 1. The SMILES string of the molecule is NCCCNCCCCNc1ccnc2cc(Cl)ccc12. The third-order valence-corrected chi connectivity index (χ3v) is 3.59. The first-order valence-electron chi connectivity index (χ1n) is 7.50. The highest BCUT2D eigenvalue weighted by Gasteiger charge is 2.01. The molecule has 0 fully saturated rings. The van der Waals surface area contributed by atoms with Crippen molar-refractivity contribution >= 4 is 28.2 Å². The molecule has 0 spiro atoms. The minimum atomic E-state index is 0.718. The van der Waals surface area contributed by atoms with Gasteiger partial charge in [0.05, 0.1) is 5.52 Å². The Morgan fingerprint density at radius 1 is 1.05 bits per heavy atom. The number of benzene rings is 1. The van der Waals surface area contributed by atoms with E-state index in [1.165, 1.54) is 0 Å². The van der Waals surface area contributed by atoms with E-state index in [9.17, 15) is 0 Å². The van der Waals surface area contributed by atoms with Gasteiger partial charge in [-0.15, -0.1) is 0 Å². The van der Waals surface area contributed by atoms with Gasteiger partial charge in [0.25, 0.3) is 0 Å². The summed E-state index contributed by atoms with van der Waals surface area (Å²) in [5, 5.41) is 8.70. The number of unbranched alkanes of at least 4 members (excludes halogenated alkanes) is 1. The lowest BCUT2D eigenvalue weighted by Crippen LogP contribution is -2.19. The Morgan fingerprint density at radius 3 is 2.71 bits per heavy atom. The zero-order valence-corrected chi connectivity index (χ0v) is 13.0. The van der Waals surface area contributed by atoms with Crippen LogP contribution in [0.15, 0.2) is 30.5 Å². The van der Waals surface area contributed by atoms with E-state index in [4.69, 9.17) is 17.3 Å². The standard InChI is InChI=1S/C16H23ClN4/c17-13-4-5-14-15(6-11-21-16(14)12-13)20-10-2-1-8-19-9-3-7-18/h4-6,11-12,19H,1-3,7-10,18H2,(H,20,21). The Bertz CT molecular complexity index is 559. The van der Waals surface area contributed by atoms with Crippen LogP contribution in [0.4, 0.5) is 5.69 Å². The van der Waals surface area contributed by atoms with Gasteiger partial charge >= 0.3 is 0 Å². The maximum atomic E-state index is 5.99. The first-order valence-corrected chi connectivity index (χ1v) is 7.88. The molecule has 1 aromatic carbocycles. The molecule has 0 aliphatic rings. The zero-order chi connectivity index (χ0) is 14.9. The van der Waals surface area contributed by atoms with Crippen LogP contribution in [0.2, 0.25) is 5.02 Å². The first kappa shape index (κ1) is 16.0. The van der Waals surface area contributed by atoms with Crippen LogP contribution in [-0.4, -0.2) is 31.2 Å². The van der Waals surface area contributed by atoms with E-state index in [-0.39, 0.29) is 0 Å². The van der Waals surface area contributed by atoms with Crippen molar-refractivity contribution in [2.24, 2.45) is 5.73 Å². The van der Waals surface area contributed by atoms with Crippen molar-refractivity contribution in [3.8, 4) is 0 Å². The Balaban J connectivity index is 1.76. The molecule has 0 saturated heterocycles. The largest absolute Gasteiger partial charge is 0.384 e. The topological polar surface area (TPSA) is 63.0 Å². The van der Waals surface area contributed by atoms with Gasteiger partial charge in [0, 0.05) is 28.8 Å². The zero-order valence-electron chi connectivity index (χ0n) is 12.2. The molecule has 114 valence electrons. The maximum absolute atomic E-state index is 5.99. The smallest absolute Gasteiger partial charge is 0.0737 e. The molecule has 0 amide bonds. The van der Waals surface area contributed by atoms with Crippen LogP contribution < -0.4 is 16.4 Å². The molecule has 0 aliphatic carbocycles. The summed E-state index contributed by atoms with van der Waals surface area (Å²) in [6.45, 7) is 3.78. The van der Waals surface area contributed by atoms with Crippen molar-refractivity contribution in [1.82, 2.24) is 10.3 Å². The number of rotatable bonds is 9. The monoisotopic (exact) mass is 306 g/mol. The third-order valence-electron chi connectivity index (χ3n) is 3.36. The molecule has 0 unspecified atom stereocenters. The number of nitrogens with zero attached hydrogens (tertiary/aromatic N) is 1. The molecule has 21 heavy (non-hydrogen) atoms. The second-order valence-corrected chi connectivity index (χ2v) is 5.48. The second-order valence-electron chi connectivity index (χ2n) is 5.05. The average molecular weight is 307 g/mol. The Labute approximate surface area is 131 Å². The van der Waals surface area contributed by atoms with Gasteiger partial charge in [-0.2, -0.15) is 0 Å². The molecular formula is C16H23ClN4. The maximum Gasteiger partial charge on any atom is 0.0737 e. The number of halogens is 1. The third kappa shape index (κ3) is 5.16. The Kier molecular flexibility index (Phi) is 6.73. The van der Waals surface area contributed by atoms with Crippen LogP contribution in [-0.2, 0) is 0 Å². The van der Waals surface area contributed by atoms with E-state index in [0.717, 1.165) is 67.1 Å². The van der Waals surface area contributed by atoms with Crippen molar-refractivity contribution < 1.29 is 0 Å². The molecule has 1 aromatic heterocycles. The van der Waals surface area contributed by atoms with Crippen molar-refractivity contribution in [2.75, 3.05) is 31.5 Å². The lowest BCUT2D eigenvalue weighted by atomic mass is 10.2. The van der Waals surface area contributed by atoms with Crippen LogP contribution in [0.3, 0.4) is 0 Å². The second kappa shape index (κ2) is 8.82. The van der Waals surface area contributed by atoms with E-state index >= 15 is 0 Å². The highest BCUT2D eigenvalue weighted by atomic mass is 35.5. The number of nitrogens with two attached hydrogens (primary N) is 1. The predicted molar refractivity (Wildman–Crippen MR) is 91.0 cm³/mol. The average Bonchev–Trinajstić information content (AvgIpc) is 2.49. The molecule has 0 radical (unpaired) electrons. The van der Waals surface area contributed by atoms with Crippen LogP contribution in [0, 0.1) is 0 Å². The number of aromatic nitrogens is 1. The summed E-state index contributed by atoms with van der Waals surface area (Å²) in [6.07, 6.45) is 5.15. The number of nitrogens with one attached hydrogen (secondary N) is 2. The van der Waals surface area contributed by atoms with E-state index in [1.807, 2.05) is 30.5 Å². The van der Waals surface area contributed by atoms with Crippen molar-refractivity contribution in [1.29, 1.82) is 0 Å². The fourth-order valence-electron chi connectivity index (χ4n) is 2.23. The number of hydrogen-bond donors (Lipinski definition) is 3. The predicted octanol–water partition coefficient (Wildman–Crippen LogP) is 3.02. The Morgan fingerprint density at radius 2 is 1.86 bits per heavy atom. The highest BCUT2D eigenvalue weighted by Crippen LogP contribution is 2.24. The summed E-state index contributed by atoms with van der Waals surface area (Å²) >= 11 is 5.99. The first-order chi connectivity index (χ1) is 10.3. The molecule has 5 heteroatoms. The molecule has 2 aromatic rings. The van der Waals surface area contributed by atoms with Gasteiger partial charge in [-0.25, -0.2) is 0 Å². The molecule has 0 bridgehead atoms. The van der Waals surface area contributed by atoms with E-state index in [0.29, 0.717) is 0 Å². The molecular weight excluding hydrogens is 284 g/mol. The van der Waals surface area contributed by atoms with Gasteiger partial charge in [0.1, 0.15) is 0 Å². The van der Waals surface area contributed by atoms with Gasteiger partial charge in [-0.1, -0.05) is 11.6 Å². The van der Waals surface area contributed by atoms with Gasteiger partial charge in [-0.05, 0) is 63.2 Å². The van der Waals surface area contributed by atoms with E-state index in [2.05, 4.69) is 15.6 Å². The van der Waals surface area contributed by atoms with Gasteiger partial charge in [0.2, 0.25) is 0 Å². The van der Waals surface area contributed by atoms with Crippen molar-refractivity contribution in [2.45, 2.75) is 19.3 Å². The summed E-state index contributed by atoms with van der Waals surface area (Å²) in [6, 6.07) is 7.82. The molecule has 0 saturated carbocycles. The van der Waals surface area contributed by atoms with Crippen molar-refractivity contribution in [3.63, 3.8) is 0 Å². The summed E-state index contributed by atoms with van der Waals surface area (Å²) < 4.78 is 0. The van der Waals surface area contributed by atoms with Crippen LogP contribution in [0.25, 0.3) is 10.9 Å². The van der Waals surface area contributed by atoms with Gasteiger partial charge in [-0.3, -0.25) is 4.98 Å². The molecule has 4 nitrogen and oxygen atoms in total. The Hall–Kier alpha value is -1.36. The minimum Gasteiger partial charge on any atom is -0.384 e. The van der Waals surface area contributed by atoms with Gasteiger partial charge < -0.3 is 16.4 Å². The quantitative estimate of drug-likeness (QED) is 0.623. The number of hydrogen-bond acceptors (Lipinski definition) is 4. The fraction of sp³-hybridized carbons (Fsp3) is 0.438. The fourth-order valence-corrected chi connectivity index (χ4v) is 2.39. The van der Waals surface area contributed by atoms with Crippen LogP contribution >= 0.6 is 11.6 Å². The normalized spacial score (nSPS) is 11.0. The number of anilines is 1. The lowest BCUT2D eigenvalue weighted by molar-refractivity contribution is 0.615. The summed E-state index contributed by atoms with van der Waals surface area (Å²) in [5.41, 5.74) is 7.49. The minimum absolute atomic E-state index is 0.718. The summed E-state index contributed by atoms with van der Waals surface area (Å²) in [4.78, 5) is 4.34. The van der Waals surface area contributed by atoms with Gasteiger partial charge in [0.15, 0.2) is 0 Å². The van der Waals surface area contributed by atoms with Crippen LogP contribution in [0.1, 0.15) is 19.3 Å². The highest BCUT2D eigenvalue weighted by molar-refractivity contribution is 6.31. The lowest BCUT2D eigenvalue weighted by Gasteiger charge is -2.10. The molecule has 0 aliphatic heterocycles. The summed E-state index contributed by atoms with van der Waals surface area (Å²) in [5.74, 6) is 0. The molecule has 1 heterocycles. The molecule has 4 N–H and O–H groups in total. The van der Waals surface area contributed by atoms with E-state index < -0.39 is 0 Å².